The Morgan fingerprint density at radius 3 is 2.65 bits per heavy atom. The smallest absolute Gasteiger partial charge is 0.405 e. The summed E-state index contributed by atoms with van der Waals surface area (Å²) in [6.45, 7) is -0.0535. The van der Waals surface area contributed by atoms with Gasteiger partial charge in [-0.15, -0.1) is 13.2 Å². The maximum Gasteiger partial charge on any atom is 0.573 e. The van der Waals surface area contributed by atoms with Gasteiger partial charge in [-0.25, -0.2) is 4.98 Å². The lowest BCUT2D eigenvalue weighted by Crippen LogP contribution is -2.19. The van der Waals surface area contributed by atoms with Crippen molar-refractivity contribution in [2.75, 3.05) is 0 Å². The molecule has 0 fully saturated rings. The topological polar surface area (TPSA) is 71.9 Å². The van der Waals surface area contributed by atoms with Crippen LogP contribution in [0.2, 0.25) is 0 Å². The normalized spacial score (nSPS) is 11.1. The summed E-state index contributed by atoms with van der Waals surface area (Å²) in [5.41, 5.74) is 5.68. The molecule has 0 radical (unpaired) electrons. The maximum atomic E-state index is 12.2. The largest absolute Gasteiger partial charge is 0.573 e. The van der Waals surface area contributed by atoms with Gasteiger partial charge in [-0.3, -0.25) is 0 Å². The van der Waals surface area contributed by atoms with Crippen molar-refractivity contribution in [1.29, 1.82) is 5.26 Å². The molecule has 0 spiro atoms. The van der Waals surface area contributed by atoms with Crippen LogP contribution in [0.15, 0.2) is 6.07 Å². The van der Waals surface area contributed by atoms with Crippen LogP contribution < -0.4 is 10.5 Å². The van der Waals surface area contributed by atoms with Crippen molar-refractivity contribution >= 4 is 22.6 Å². The molecule has 0 atom stereocenters. The number of halogens is 4. The Morgan fingerprint density at radius 2 is 2.18 bits per heavy atom. The van der Waals surface area contributed by atoms with E-state index in [0.29, 0.717) is 3.70 Å². The zero-order valence-corrected chi connectivity index (χ0v) is 10.5. The molecule has 0 saturated carbocycles. The Morgan fingerprint density at radius 1 is 1.53 bits per heavy atom. The van der Waals surface area contributed by atoms with E-state index < -0.39 is 12.1 Å². The highest BCUT2D eigenvalue weighted by atomic mass is 127. The number of nitrogens with two attached hydrogens (primary N) is 1. The minimum atomic E-state index is -4.81. The second kappa shape index (κ2) is 5.50. The van der Waals surface area contributed by atoms with Gasteiger partial charge in [-0.1, -0.05) is 0 Å². The number of hydrogen-bond donors (Lipinski definition) is 1. The molecule has 0 aromatic carbocycles. The van der Waals surface area contributed by atoms with Crippen LogP contribution >= 0.6 is 22.6 Å². The van der Waals surface area contributed by atoms with Gasteiger partial charge in [0.25, 0.3) is 0 Å². The summed E-state index contributed by atoms with van der Waals surface area (Å²) in [6.07, 6.45) is -5.04. The first kappa shape index (κ1) is 14.0. The van der Waals surface area contributed by atoms with E-state index in [0.717, 1.165) is 6.07 Å². The summed E-state index contributed by atoms with van der Waals surface area (Å²) in [5, 5.41) is 8.57. The summed E-state index contributed by atoms with van der Waals surface area (Å²) in [4.78, 5) is 3.96. The average molecular weight is 357 g/mol. The predicted molar refractivity (Wildman–Crippen MR) is 60.8 cm³/mol. The van der Waals surface area contributed by atoms with Crippen molar-refractivity contribution in [3.63, 3.8) is 0 Å². The van der Waals surface area contributed by atoms with Crippen LogP contribution in [0.4, 0.5) is 13.2 Å². The number of aromatic nitrogens is 1. The van der Waals surface area contributed by atoms with Gasteiger partial charge in [-0.05, 0) is 22.6 Å². The SMILES string of the molecule is N#CCc1c(OC(F)(F)F)cc(I)nc1CN. The minimum Gasteiger partial charge on any atom is -0.405 e. The van der Waals surface area contributed by atoms with Gasteiger partial charge < -0.3 is 10.5 Å². The van der Waals surface area contributed by atoms with Crippen molar-refractivity contribution in [2.45, 2.75) is 19.3 Å². The molecule has 2 N–H and O–H groups in total. The zero-order valence-electron chi connectivity index (χ0n) is 8.38. The number of pyridine rings is 1. The van der Waals surface area contributed by atoms with Crippen LogP contribution in [-0.2, 0) is 13.0 Å². The van der Waals surface area contributed by atoms with Gasteiger partial charge in [0.05, 0.1) is 18.2 Å². The van der Waals surface area contributed by atoms with Crippen LogP contribution in [-0.4, -0.2) is 11.3 Å². The molecule has 92 valence electrons. The van der Waals surface area contributed by atoms with E-state index in [2.05, 4.69) is 9.72 Å². The number of ether oxygens (including phenoxy) is 1. The fourth-order valence-corrected chi connectivity index (χ4v) is 1.79. The van der Waals surface area contributed by atoms with Crippen molar-refractivity contribution in [1.82, 2.24) is 4.98 Å². The molecule has 1 aromatic heterocycles. The molecule has 1 heterocycles. The molecule has 0 amide bonds. The van der Waals surface area contributed by atoms with E-state index >= 15 is 0 Å². The minimum absolute atomic E-state index is 0.0535. The Hall–Kier alpha value is -1.08. The van der Waals surface area contributed by atoms with Crippen molar-refractivity contribution in [3.05, 3.63) is 21.0 Å². The van der Waals surface area contributed by atoms with Crippen LogP contribution in [0, 0.1) is 15.0 Å². The van der Waals surface area contributed by atoms with Crippen molar-refractivity contribution < 1.29 is 17.9 Å². The Bertz CT molecular complexity index is 456. The molecule has 4 nitrogen and oxygen atoms in total. The van der Waals surface area contributed by atoms with Gasteiger partial charge in [0.2, 0.25) is 0 Å². The number of nitrogens with zero attached hydrogens (tertiary/aromatic N) is 2. The maximum absolute atomic E-state index is 12.2. The highest BCUT2D eigenvalue weighted by molar-refractivity contribution is 14.1. The molecule has 1 rings (SSSR count). The highest BCUT2D eigenvalue weighted by Gasteiger charge is 2.32. The molecule has 17 heavy (non-hydrogen) atoms. The Labute approximate surface area is 109 Å². The summed E-state index contributed by atoms with van der Waals surface area (Å²) in [6, 6.07) is 2.88. The standard InChI is InChI=1S/C9H7F3IN3O/c10-9(11,12)17-7-3-8(13)16-6(4-15)5(7)1-2-14/h3H,1,4,15H2. The summed E-state index contributed by atoms with van der Waals surface area (Å²) >= 11 is 1.75. The number of alkyl halides is 3. The van der Waals surface area contributed by atoms with Crippen molar-refractivity contribution in [2.24, 2.45) is 5.73 Å². The fourth-order valence-electron chi connectivity index (χ4n) is 1.22. The van der Waals surface area contributed by atoms with E-state index in [1.807, 2.05) is 0 Å². The quantitative estimate of drug-likeness (QED) is 0.665. The fraction of sp³-hybridized carbons (Fsp3) is 0.333. The molecule has 0 bridgehead atoms. The molecule has 0 unspecified atom stereocenters. The first-order valence-corrected chi connectivity index (χ1v) is 5.46. The van der Waals surface area contributed by atoms with E-state index in [4.69, 9.17) is 11.0 Å². The monoisotopic (exact) mass is 357 g/mol. The molecule has 0 aliphatic heterocycles. The lowest BCUT2D eigenvalue weighted by Gasteiger charge is -2.14. The number of nitriles is 1. The first-order valence-electron chi connectivity index (χ1n) is 4.38. The van der Waals surface area contributed by atoms with Gasteiger partial charge in [0, 0.05) is 18.2 Å². The summed E-state index contributed by atoms with van der Waals surface area (Å²) in [7, 11) is 0. The number of rotatable bonds is 3. The summed E-state index contributed by atoms with van der Waals surface area (Å²) in [5.74, 6) is -0.418. The molecular formula is C9H7F3IN3O. The highest BCUT2D eigenvalue weighted by Crippen LogP contribution is 2.29. The summed E-state index contributed by atoms with van der Waals surface area (Å²) < 4.78 is 40.7. The molecule has 0 aliphatic rings. The van der Waals surface area contributed by atoms with Crippen LogP contribution in [0.3, 0.4) is 0 Å². The van der Waals surface area contributed by atoms with Gasteiger partial charge in [-0.2, -0.15) is 5.26 Å². The third-order valence-corrected chi connectivity index (χ3v) is 2.37. The Balaban J connectivity index is 3.26. The van der Waals surface area contributed by atoms with E-state index in [1.54, 1.807) is 28.7 Å². The molecule has 0 saturated heterocycles. The number of hydrogen-bond acceptors (Lipinski definition) is 4. The second-order valence-electron chi connectivity index (χ2n) is 2.96. The Kier molecular flexibility index (Phi) is 4.53. The molecule has 0 aliphatic carbocycles. The molecular weight excluding hydrogens is 350 g/mol. The average Bonchev–Trinajstić information content (AvgIpc) is 2.19. The van der Waals surface area contributed by atoms with Crippen LogP contribution in [0.1, 0.15) is 11.3 Å². The van der Waals surface area contributed by atoms with Gasteiger partial charge in [0.1, 0.15) is 9.45 Å². The van der Waals surface area contributed by atoms with Crippen LogP contribution in [0.5, 0.6) is 5.75 Å². The predicted octanol–water partition coefficient (Wildman–Crippen LogP) is 2.11. The first-order chi connectivity index (χ1) is 7.87. The van der Waals surface area contributed by atoms with Gasteiger partial charge in [0.15, 0.2) is 0 Å². The van der Waals surface area contributed by atoms with E-state index in [9.17, 15) is 13.2 Å². The van der Waals surface area contributed by atoms with Crippen molar-refractivity contribution in [3.8, 4) is 11.8 Å². The molecule has 1 aromatic rings. The van der Waals surface area contributed by atoms with Crippen LogP contribution in [0.25, 0.3) is 0 Å². The second-order valence-corrected chi connectivity index (χ2v) is 4.06. The van der Waals surface area contributed by atoms with E-state index in [1.165, 1.54) is 0 Å². The van der Waals surface area contributed by atoms with E-state index in [-0.39, 0.29) is 24.2 Å². The lowest BCUT2D eigenvalue weighted by atomic mass is 10.1. The lowest BCUT2D eigenvalue weighted by molar-refractivity contribution is -0.274. The zero-order chi connectivity index (χ0) is 13.1. The third kappa shape index (κ3) is 4.01. The molecule has 8 heteroatoms. The van der Waals surface area contributed by atoms with Gasteiger partial charge >= 0.3 is 6.36 Å². The third-order valence-electron chi connectivity index (χ3n) is 1.81.